The molecule has 0 aliphatic carbocycles. The molecule has 1 atom stereocenters. The van der Waals surface area contributed by atoms with Crippen LogP contribution in [0.2, 0.25) is 0 Å². The maximum atomic E-state index is 12.0. The lowest BCUT2D eigenvalue weighted by molar-refractivity contribution is 0.0988. The van der Waals surface area contributed by atoms with Gasteiger partial charge in [0, 0.05) is 0 Å². The van der Waals surface area contributed by atoms with Crippen molar-refractivity contribution in [3.63, 3.8) is 0 Å². The van der Waals surface area contributed by atoms with Gasteiger partial charge in [-0.05, 0) is 39.9 Å². The number of nitrogens with zero attached hydrogens (tertiary/aromatic N) is 2. The van der Waals surface area contributed by atoms with E-state index in [1.165, 1.54) is 0 Å². The number of hydrogen-bond donors (Lipinski definition) is 1. The second-order valence-electron chi connectivity index (χ2n) is 4.05. The lowest BCUT2D eigenvalue weighted by Gasteiger charge is -2.25. The van der Waals surface area contributed by atoms with Crippen LogP contribution in [0.5, 0.6) is 0 Å². The first kappa shape index (κ1) is 15.3. The van der Waals surface area contributed by atoms with Crippen molar-refractivity contribution in [1.82, 2.24) is 10.2 Å². The van der Waals surface area contributed by atoms with Crippen molar-refractivity contribution in [3.8, 4) is 6.07 Å². The Morgan fingerprint density at radius 3 is 2.50 bits per heavy atom. The van der Waals surface area contributed by atoms with Gasteiger partial charge in [0.25, 0.3) is 6.43 Å². The molecule has 1 N–H and O–H groups in total. The van der Waals surface area contributed by atoms with Gasteiger partial charge in [0.05, 0.1) is 12.6 Å². The normalized spacial score (nSPS) is 15.1. The van der Waals surface area contributed by atoms with Crippen LogP contribution in [0.4, 0.5) is 8.78 Å². The van der Waals surface area contributed by atoms with Crippen molar-refractivity contribution in [2.45, 2.75) is 38.2 Å². The summed E-state index contributed by atoms with van der Waals surface area (Å²) in [6, 6.07) is 2.25. The molecule has 0 rings (SSSR count). The Bertz CT molecular complexity index is 222. The first-order valence-electron chi connectivity index (χ1n) is 5.56. The fourth-order valence-electron chi connectivity index (χ4n) is 1.65. The number of nitriles is 1. The predicted octanol–water partition coefficient (Wildman–Crippen LogP) is 1.86. The van der Waals surface area contributed by atoms with Crippen LogP contribution < -0.4 is 5.32 Å². The summed E-state index contributed by atoms with van der Waals surface area (Å²) in [6.07, 6.45) is -0.144. The summed E-state index contributed by atoms with van der Waals surface area (Å²) in [5, 5.41) is 12.0. The van der Waals surface area contributed by atoms with Gasteiger partial charge in [-0.2, -0.15) is 5.26 Å². The average Bonchev–Trinajstić information content (AvgIpc) is 2.24. The quantitative estimate of drug-likeness (QED) is 0.695. The summed E-state index contributed by atoms with van der Waals surface area (Å²) < 4.78 is 24.1. The highest BCUT2D eigenvalue weighted by atomic mass is 19.3. The van der Waals surface area contributed by atoms with E-state index < -0.39 is 12.0 Å². The molecule has 16 heavy (non-hydrogen) atoms. The zero-order chi connectivity index (χ0) is 12.6. The molecule has 0 bridgehead atoms. The largest absolute Gasteiger partial charge is 0.302 e. The van der Waals surface area contributed by atoms with E-state index in [1.807, 2.05) is 6.92 Å². The summed E-state index contributed by atoms with van der Waals surface area (Å²) in [6.45, 7) is 2.34. The highest BCUT2D eigenvalue weighted by Crippen LogP contribution is 2.16. The van der Waals surface area contributed by atoms with Gasteiger partial charge in [-0.25, -0.2) is 8.78 Å². The van der Waals surface area contributed by atoms with Crippen molar-refractivity contribution < 1.29 is 8.78 Å². The summed E-state index contributed by atoms with van der Waals surface area (Å²) in [5.74, 6) is 0. The van der Waals surface area contributed by atoms with E-state index >= 15 is 0 Å². The minimum Gasteiger partial charge on any atom is -0.302 e. The fourth-order valence-corrected chi connectivity index (χ4v) is 1.65. The molecule has 5 heteroatoms. The van der Waals surface area contributed by atoms with Crippen LogP contribution in [-0.4, -0.2) is 44.0 Å². The number of halogens is 2. The lowest BCUT2D eigenvalue weighted by Crippen LogP contribution is -2.41. The Hall–Kier alpha value is -0.730. The van der Waals surface area contributed by atoms with E-state index in [-0.39, 0.29) is 6.54 Å². The Morgan fingerprint density at radius 1 is 1.50 bits per heavy atom. The minimum absolute atomic E-state index is 0.203. The Labute approximate surface area is 96.4 Å². The first-order valence-corrected chi connectivity index (χ1v) is 5.56. The van der Waals surface area contributed by atoms with E-state index in [1.54, 1.807) is 19.0 Å². The van der Waals surface area contributed by atoms with Crippen LogP contribution in [0.15, 0.2) is 0 Å². The molecule has 0 aromatic heterocycles. The average molecular weight is 233 g/mol. The predicted molar refractivity (Wildman–Crippen MR) is 60.4 cm³/mol. The molecular formula is C11H21F2N3. The van der Waals surface area contributed by atoms with Crippen LogP contribution in [0, 0.1) is 11.3 Å². The Kier molecular flexibility index (Phi) is 7.18. The van der Waals surface area contributed by atoms with Crippen molar-refractivity contribution in [2.75, 3.05) is 27.2 Å². The van der Waals surface area contributed by atoms with Crippen molar-refractivity contribution in [3.05, 3.63) is 0 Å². The highest BCUT2D eigenvalue weighted by Gasteiger charge is 2.24. The molecule has 0 saturated carbocycles. The van der Waals surface area contributed by atoms with Crippen LogP contribution in [-0.2, 0) is 0 Å². The van der Waals surface area contributed by atoms with Crippen molar-refractivity contribution in [1.29, 1.82) is 5.26 Å². The molecule has 0 aromatic carbocycles. The zero-order valence-corrected chi connectivity index (χ0v) is 10.3. The number of hydrogen-bond acceptors (Lipinski definition) is 3. The van der Waals surface area contributed by atoms with E-state index in [9.17, 15) is 8.78 Å². The van der Waals surface area contributed by atoms with Crippen LogP contribution in [0.3, 0.4) is 0 Å². The summed E-state index contributed by atoms with van der Waals surface area (Å²) in [4.78, 5) is 1.60. The first-order chi connectivity index (χ1) is 7.49. The lowest BCUT2D eigenvalue weighted by atomic mass is 9.92. The molecule has 0 amide bonds. The zero-order valence-electron chi connectivity index (χ0n) is 10.3. The van der Waals surface area contributed by atoms with Crippen molar-refractivity contribution in [2.24, 2.45) is 0 Å². The molecule has 1 unspecified atom stereocenters. The van der Waals surface area contributed by atoms with E-state index in [4.69, 9.17) is 5.26 Å². The maximum absolute atomic E-state index is 12.0. The Balaban J connectivity index is 3.92. The van der Waals surface area contributed by atoms with Crippen molar-refractivity contribution >= 4 is 0 Å². The molecule has 0 spiro atoms. The molecule has 0 saturated heterocycles. The topological polar surface area (TPSA) is 39.1 Å². The maximum Gasteiger partial charge on any atom is 0.251 e. The van der Waals surface area contributed by atoms with E-state index in [0.29, 0.717) is 13.0 Å². The molecule has 0 aromatic rings. The molecular weight excluding hydrogens is 212 g/mol. The van der Waals surface area contributed by atoms with Gasteiger partial charge in [-0.15, -0.1) is 0 Å². The molecule has 0 radical (unpaired) electrons. The van der Waals surface area contributed by atoms with Crippen LogP contribution >= 0.6 is 0 Å². The van der Waals surface area contributed by atoms with E-state index in [2.05, 4.69) is 11.4 Å². The summed E-state index contributed by atoms with van der Waals surface area (Å²) in [5.41, 5.74) is -0.508. The monoisotopic (exact) mass is 233 g/mol. The summed E-state index contributed by atoms with van der Waals surface area (Å²) >= 11 is 0. The third-order valence-corrected chi connectivity index (χ3v) is 2.89. The molecule has 0 heterocycles. The molecule has 3 nitrogen and oxygen atoms in total. The molecule has 0 aliphatic heterocycles. The summed E-state index contributed by atoms with van der Waals surface area (Å²) in [7, 11) is 3.43. The Morgan fingerprint density at radius 2 is 2.12 bits per heavy atom. The second kappa shape index (κ2) is 7.53. The second-order valence-corrected chi connectivity index (χ2v) is 4.05. The van der Waals surface area contributed by atoms with E-state index in [0.717, 1.165) is 12.8 Å². The van der Waals surface area contributed by atoms with Gasteiger partial charge in [0.1, 0.15) is 5.54 Å². The molecule has 0 fully saturated rings. The van der Waals surface area contributed by atoms with Crippen LogP contribution in [0.25, 0.3) is 0 Å². The third-order valence-electron chi connectivity index (χ3n) is 2.89. The number of rotatable bonds is 8. The molecule has 94 valence electrons. The van der Waals surface area contributed by atoms with Crippen LogP contribution in [0.1, 0.15) is 26.2 Å². The standard InChI is InChI=1S/C11H21F2N3/c1-4-11(9-14,15-2)6-5-7-16(3)8-10(12)13/h10,15H,4-8H2,1-3H3. The molecule has 0 aliphatic rings. The van der Waals surface area contributed by atoms with Gasteiger partial charge >= 0.3 is 0 Å². The van der Waals surface area contributed by atoms with Gasteiger partial charge in [0.15, 0.2) is 0 Å². The van der Waals surface area contributed by atoms with Gasteiger partial charge in [-0.1, -0.05) is 6.92 Å². The third kappa shape index (κ3) is 5.38. The highest BCUT2D eigenvalue weighted by molar-refractivity contribution is 5.05. The number of nitrogens with one attached hydrogen (secondary N) is 1. The number of alkyl halides is 2. The minimum atomic E-state index is -2.29. The van der Waals surface area contributed by atoms with Gasteiger partial charge in [-0.3, -0.25) is 0 Å². The van der Waals surface area contributed by atoms with Gasteiger partial charge in [0.2, 0.25) is 0 Å². The fraction of sp³-hybridized carbons (Fsp3) is 0.909. The smallest absolute Gasteiger partial charge is 0.251 e. The van der Waals surface area contributed by atoms with Gasteiger partial charge < -0.3 is 10.2 Å². The SMILES string of the molecule is CCC(C#N)(CCCN(C)CC(F)F)NC.